The Morgan fingerprint density at radius 1 is 0.196 bits per heavy atom. The van der Waals surface area contributed by atoms with Crippen molar-refractivity contribution in [2.24, 2.45) is 0 Å². The van der Waals surface area contributed by atoms with Gasteiger partial charge in [-0.2, -0.15) is 0 Å². The quantitative estimate of drug-likeness (QED) is 0.152. The molecule has 0 bridgehead atoms. The summed E-state index contributed by atoms with van der Waals surface area (Å²) in [7, 11) is 0. The summed E-state index contributed by atoms with van der Waals surface area (Å²) in [5.74, 6) is 0. The zero-order valence-electron chi connectivity index (χ0n) is 63.3. The maximum absolute atomic E-state index is 8.95. The van der Waals surface area contributed by atoms with Crippen molar-refractivity contribution in [2.75, 3.05) is 29.4 Å². The predicted octanol–water partition coefficient (Wildman–Crippen LogP) is 25.1. The molecule has 0 N–H and O–H groups in total. The number of anilines is 18. The molecule has 112 heavy (non-hydrogen) atoms. The minimum atomic E-state index is -3.61. The fourth-order valence-electron chi connectivity index (χ4n) is 22.9. The van der Waals surface area contributed by atoms with E-state index in [1.807, 2.05) is 0 Å². The predicted molar refractivity (Wildman–Crippen MR) is 478 cm³/mol. The number of benzene rings is 15. The largest absolute Gasteiger partial charge is 0.308 e. The Balaban J connectivity index is 0.985. The number of hydrogen-bond donors (Lipinski definition) is 0. The number of hydrogen-bond acceptors (Lipinski definition) is 8. The van der Waals surface area contributed by atoms with Gasteiger partial charge in [-0.15, -0.1) is 0 Å². The molecule has 10 heteroatoms. The van der Waals surface area contributed by atoms with Crippen molar-refractivity contribution >= 4 is 170 Å². The maximum Gasteiger partial charge on any atom is 0.0824 e. The molecule has 0 saturated heterocycles. The van der Waals surface area contributed by atoms with E-state index in [4.69, 9.17) is 23.6 Å². The van der Waals surface area contributed by atoms with Gasteiger partial charge in [0, 0.05) is 87.6 Å². The number of para-hydroxylation sites is 6. The molecule has 0 fully saturated rings. The third-order valence-electron chi connectivity index (χ3n) is 27.2. The lowest BCUT2D eigenvalue weighted by molar-refractivity contribution is 0.656. The lowest BCUT2D eigenvalue weighted by Crippen LogP contribution is -2.54. The van der Waals surface area contributed by atoms with Crippen LogP contribution in [0.25, 0.3) is 44.5 Å². The van der Waals surface area contributed by atoms with E-state index < -0.39 is 33.7 Å². The average molecular weight is 1510 g/mol. The van der Waals surface area contributed by atoms with Gasteiger partial charge in [0.25, 0.3) is 0 Å². The van der Waals surface area contributed by atoms with Crippen LogP contribution in [0.4, 0.5) is 102 Å². The summed E-state index contributed by atoms with van der Waals surface area (Å²) in [6, 6.07) is 109. The lowest BCUT2D eigenvalue weighted by atomic mass is 9.79. The summed E-state index contributed by atoms with van der Waals surface area (Å²) in [6.45, 7) is 19.9. The van der Waals surface area contributed by atoms with Crippen LogP contribution in [0.1, 0.15) is 99.9 Å². The highest BCUT2D eigenvalue weighted by Gasteiger charge is 2.64. The molecule has 0 saturated carbocycles. The van der Waals surface area contributed by atoms with Crippen molar-refractivity contribution in [2.45, 2.75) is 77.0 Å². The molecule has 0 amide bonds. The maximum atomic E-state index is 8.95. The smallest absolute Gasteiger partial charge is 0.0824 e. The summed E-state index contributed by atoms with van der Waals surface area (Å²) in [6.07, 6.45) is 0. The molecule has 6 heterocycles. The molecule has 25 rings (SSSR count). The summed E-state index contributed by atoms with van der Waals surface area (Å²) < 4.78 is 0. The fourth-order valence-corrected chi connectivity index (χ4v) is 33.4. The summed E-state index contributed by atoms with van der Waals surface area (Å²) in [5, 5.41) is 7.19. The molecule has 0 radical (unpaired) electrons. The van der Waals surface area contributed by atoms with Gasteiger partial charge in [0.05, 0.1) is 80.3 Å². The Bertz CT molecular complexity index is 6190. The molecule has 6 aliphatic heterocycles. The normalized spacial score (nSPS) is 17.3. The van der Waals surface area contributed by atoms with Gasteiger partial charge >= 0.3 is 0 Å². The van der Waals surface area contributed by atoms with Crippen LogP contribution in [0.5, 0.6) is 0 Å². The van der Waals surface area contributed by atoms with Gasteiger partial charge in [-0.1, -0.05) is 285 Å². The summed E-state index contributed by atoms with van der Waals surface area (Å²) in [5.41, 5.74) is 38.3. The highest BCUT2D eigenvalue weighted by Crippen LogP contribution is 2.80. The third kappa shape index (κ3) is 7.35. The molecule has 4 aliphatic carbocycles. The van der Waals surface area contributed by atoms with Crippen molar-refractivity contribution in [1.29, 1.82) is 0 Å². The van der Waals surface area contributed by atoms with Crippen LogP contribution >= 0.6 is 12.1 Å². The Hall–Kier alpha value is -11.6. The molecular weight excluding hydrogens is 1440 g/mol. The van der Waals surface area contributed by atoms with Crippen LogP contribution < -0.4 is 61.2 Å². The van der Waals surface area contributed by atoms with E-state index in [0.717, 1.165) is 79.6 Å². The fraction of sp³-hybridized carbons (Fsp3) is 0.118. The first-order chi connectivity index (χ1) is 54.5. The first-order valence-electron chi connectivity index (χ1n) is 39.3. The van der Waals surface area contributed by atoms with E-state index in [-0.39, 0.29) is 0 Å². The Kier molecular flexibility index (Phi) is 12.2. The lowest BCUT2D eigenvalue weighted by Gasteiger charge is -2.58. The molecular formula is C102H74N6P2S2. The third-order valence-corrected chi connectivity index (χ3v) is 36.8. The highest BCUT2D eigenvalue weighted by molar-refractivity contribution is 8.27. The number of rotatable bonds is 6. The molecule has 0 aromatic heterocycles. The summed E-state index contributed by atoms with van der Waals surface area (Å²) >= 11 is 17.9. The van der Waals surface area contributed by atoms with E-state index in [2.05, 4.69) is 388 Å². The first-order valence-corrected chi connectivity index (χ1v) is 44.9. The molecule has 534 valence electrons. The first kappa shape index (κ1) is 64.1. The topological polar surface area (TPSA) is 19.4 Å². The molecule has 0 spiro atoms. The molecule has 0 unspecified atom stereocenters. The van der Waals surface area contributed by atoms with Gasteiger partial charge in [-0.25, -0.2) is 0 Å². The van der Waals surface area contributed by atoms with Gasteiger partial charge in [0.1, 0.15) is 0 Å². The standard InChI is InChI=1S/C102H74N6P2S2/c1-99(2)73-51-31-27-47-65(73)69-55-77-93-85(81(69)99)107(63-43-23-13-24-44-63)86-82-70(66-48-28-32-52-74(66)100(82,3)4)56-78-94(86)109(93,111)97-89(103(77)59-35-15-9-16-36-59)91-98-92(90(97)104(78)60-37-17-10-18-38-60)106(62-41-21-12-22-42-62)80-58-72-68-50-30-34-54-76(68)102(7,8)84(72)88-96(80)110(98,112)95-79(105(91)61-39-19-11-20-40-61)57-71-67-49-29-33-53-75(67)101(5,6)83(71)87(95)108(88)64-45-25-14-26-46-64/h9-58H,1-8H3. The second-order valence-electron chi connectivity index (χ2n) is 34.1. The molecule has 6 nitrogen and oxygen atoms in total. The second-order valence-corrected chi connectivity index (χ2v) is 42.5. The van der Waals surface area contributed by atoms with Crippen LogP contribution in [0.3, 0.4) is 0 Å². The van der Waals surface area contributed by atoms with E-state index in [9.17, 15) is 0 Å². The van der Waals surface area contributed by atoms with Gasteiger partial charge in [0.2, 0.25) is 0 Å². The van der Waals surface area contributed by atoms with Gasteiger partial charge in [-0.3, -0.25) is 0 Å². The molecule has 15 aromatic rings. The van der Waals surface area contributed by atoms with Crippen LogP contribution in [0, 0.1) is 0 Å². The SMILES string of the molecule is CC1(C)c2ccccc2-c2cc3c4c(c21)N(c1ccccc1)c1c2c(cc5c1P4(=S)c1c(c4c6c(c1N5c1ccccc1)N(c1ccccc1)c1cc5c(c7c1P6(=S)c1c(cc6c(c1N7c1ccccc1)C(C)(C)c1ccccc1-6)N4c1ccccc1)C(C)(C)c1ccccc1-5)N3c1ccccc1)-c1ccccc1C2(C)C. The zero-order valence-corrected chi connectivity index (χ0v) is 66.7. The molecule has 15 aromatic carbocycles. The molecule has 0 atom stereocenters. The zero-order chi connectivity index (χ0) is 74.9. The average Bonchev–Trinajstić information content (AvgIpc) is 0.869. The Labute approximate surface area is 663 Å². The van der Waals surface area contributed by atoms with Crippen LogP contribution in [0.2, 0.25) is 0 Å². The van der Waals surface area contributed by atoms with Gasteiger partial charge in [-0.05, 0) is 186 Å². The van der Waals surface area contributed by atoms with Crippen LogP contribution in [0.15, 0.2) is 303 Å². The number of nitrogens with zero attached hydrogens (tertiary/aromatic N) is 6. The van der Waals surface area contributed by atoms with E-state index >= 15 is 0 Å². The minimum Gasteiger partial charge on any atom is -0.308 e. The number of fused-ring (bicyclic) bond motifs is 18. The van der Waals surface area contributed by atoms with Crippen molar-refractivity contribution < 1.29 is 0 Å². The van der Waals surface area contributed by atoms with E-state index in [0.29, 0.717) is 0 Å². The molecule has 10 aliphatic rings. The summed E-state index contributed by atoms with van der Waals surface area (Å²) in [4.78, 5) is 16.5. The van der Waals surface area contributed by atoms with Crippen LogP contribution in [-0.2, 0) is 45.3 Å². The van der Waals surface area contributed by atoms with Crippen molar-refractivity contribution in [3.05, 3.63) is 348 Å². The minimum absolute atomic E-state index is 0.491. The van der Waals surface area contributed by atoms with Crippen molar-refractivity contribution in [3.8, 4) is 44.5 Å². The van der Waals surface area contributed by atoms with Gasteiger partial charge in [0.15, 0.2) is 0 Å². The van der Waals surface area contributed by atoms with E-state index in [1.54, 1.807) is 0 Å². The van der Waals surface area contributed by atoms with Crippen LogP contribution in [-0.4, -0.2) is 0 Å². The van der Waals surface area contributed by atoms with Crippen molar-refractivity contribution in [1.82, 2.24) is 0 Å². The monoisotopic (exact) mass is 1510 g/mol. The highest BCUT2D eigenvalue weighted by atomic mass is 32.4. The second kappa shape index (κ2) is 21.3. The van der Waals surface area contributed by atoms with Gasteiger partial charge < -0.3 is 29.4 Å². The Morgan fingerprint density at radius 3 is 0.580 bits per heavy atom. The van der Waals surface area contributed by atoms with E-state index in [1.165, 1.54) is 144 Å². The Morgan fingerprint density at radius 2 is 0.375 bits per heavy atom. The van der Waals surface area contributed by atoms with Crippen molar-refractivity contribution in [3.63, 3.8) is 0 Å².